The van der Waals surface area contributed by atoms with E-state index in [2.05, 4.69) is 21.2 Å². The number of nitrogens with one attached hydrogen (secondary N) is 1. The maximum absolute atomic E-state index is 11.8. The molecule has 1 N–H and O–H groups in total. The zero-order valence-corrected chi connectivity index (χ0v) is 11.8. The largest absolute Gasteiger partial charge is 0.354 e. The molecule has 2 aromatic rings. The number of amides is 1. The maximum Gasteiger partial charge on any atom is 0.226 e. The SMILES string of the molecule is Cc1ccc(NC(=O)CCn2cccc2)c(Br)c1. The van der Waals surface area contributed by atoms with Gasteiger partial charge in [-0.1, -0.05) is 6.07 Å². The lowest BCUT2D eigenvalue weighted by atomic mass is 10.2. The molecule has 0 saturated heterocycles. The van der Waals surface area contributed by atoms with E-state index in [-0.39, 0.29) is 5.91 Å². The van der Waals surface area contributed by atoms with Gasteiger partial charge in [-0.15, -0.1) is 0 Å². The molecule has 0 bridgehead atoms. The molecule has 1 amide bonds. The van der Waals surface area contributed by atoms with Crippen molar-refractivity contribution < 1.29 is 4.79 Å². The van der Waals surface area contributed by atoms with Gasteiger partial charge in [0, 0.05) is 29.8 Å². The van der Waals surface area contributed by atoms with Crippen LogP contribution in [-0.2, 0) is 11.3 Å². The fourth-order valence-electron chi connectivity index (χ4n) is 1.68. The molecule has 4 heteroatoms. The highest BCUT2D eigenvalue weighted by molar-refractivity contribution is 9.10. The van der Waals surface area contributed by atoms with Gasteiger partial charge in [0.2, 0.25) is 5.91 Å². The average molecular weight is 307 g/mol. The molecule has 1 aromatic heterocycles. The van der Waals surface area contributed by atoms with Crippen LogP contribution in [0, 0.1) is 6.92 Å². The third-order valence-corrected chi connectivity index (χ3v) is 3.32. The van der Waals surface area contributed by atoms with Crippen molar-refractivity contribution in [3.05, 3.63) is 52.8 Å². The van der Waals surface area contributed by atoms with Crippen LogP contribution >= 0.6 is 15.9 Å². The fourth-order valence-corrected chi connectivity index (χ4v) is 2.28. The number of carbonyl (C=O) groups is 1. The van der Waals surface area contributed by atoms with Crippen molar-refractivity contribution in [2.75, 3.05) is 5.32 Å². The van der Waals surface area contributed by atoms with E-state index in [1.165, 1.54) is 0 Å². The zero-order valence-electron chi connectivity index (χ0n) is 10.2. The number of halogens is 1. The van der Waals surface area contributed by atoms with Crippen LogP contribution in [0.5, 0.6) is 0 Å². The lowest BCUT2D eigenvalue weighted by Gasteiger charge is -2.08. The highest BCUT2D eigenvalue weighted by Crippen LogP contribution is 2.23. The summed E-state index contributed by atoms with van der Waals surface area (Å²) in [4.78, 5) is 11.8. The van der Waals surface area contributed by atoms with Gasteiger partial charge in [-0.05, 0) is 52.7 Å². The summed E-state index contributed by atoms with van der Waals surface area (Å²) in [5, 5.41) is 2.90. The molecule has 0 aliphatic rings. The molecule has 0 aliphatic heterocycles. The maximum atomic E-state index is 11.8. The Balaban J connectivity index is 1.91. The van der Waals surface area contributed by atoms with Crippen LogP contribution in [0.1, 0.15) is 12.0 Å². The Bertz CT molecular complexity index is 535. The third kappa shape index (κ3) is 3.47. The first-order valence-electron chi connectivity index (χ1n) is 5.82. The van der Waals surface area contributed by atoms with Crippen molar-refractivity contribution in [1.82, 2.24) is 4.57 Å². The van der Waals surface area contributed by atoms with Gasteiger partial charge in [0.25, 0.3) is 0 Å². The van der Waals surface area contributed by atoms with Gasteiger partial charge in [0.1, 0.15) is 0 Å². The smallest absolute Gasteiger partial charge is 0.226 e. The zero-order chi connectivity index (χ0) is 13.0. The Morgan fingerprint density at radius 3 is 2.72 bits per heavy atom. The van der Waals surface area contributed by atoms with Crippen LogP contribution in [0.3, 0.4) is 0 Å². The summed E-state index contributed by atoms with van der Waals surface area (Å²) in [6.07, 6.45) is 4.37. The first kappa shape index (κ1) is 12.9. The molecular weight excluding hydrogens is 292 g/mol. The molecule has 0 radical (unpaired) electrons. The fraction of sp³-hybridized carbons (Fsp3) is 0.214. The van der Waals surface area contributed by atoms with Crippen molar-refractivity contribution >= 4 is 27.5 Å². The molecule has 0 atom stereocenters. The van der Waals surface area contributed by atoms with Crippen LogP contribution in [-0.4, -0.2) is 10.5 Å². The van der Waals surface area contributed by atoms with Gasteiger partial charge in [0.15, 0.2) is 0 Å². The number of rotatable bonds is 4. The molecule has 0 unspecified atom stereocenters. The monoisotopic (exact) mass is 306 g/mol. The Kier molecular flexibility index (Phi) is 4.20. The Hall–Kier alpha value is -1.55. The molecule has 94 valence electrons. The second kappa shape index (κ2) is 5.87. The number of hydrogen-bond donors (Lipinski definition) is 1. The summed E-state index contributed by atoms with van der Waals surface area (Å²) in [6, 6.07) is 9.78. The minimum Gasteiger partial charge on any atom is -0.354 e. The first-order chi connectivity index (χ1) is 8.65. The molecule has 1 aromatic carbocycles. The number of anilines is 1. The van der Waals surface area contributed by atoms with E-state index in [9.17, 15) is 4.79 Å². The van der Waals surface area contributed by atoms with E-state index in [1.807, 2.05) is 54.2 Å². The highest BCUT2D eigenvalue weighted by Gasteiger charge is 2.05. The van der Waals surface area contributed by atoms with Gasteiger partial charge in [0.05, 0.1) is 5.69 Å². The van der Waals surface area contributed by atoms with Crippen molar-refractivity contribution in [2.45, 2.75) is 19.9 Å². The summed E-state index contributed by atoms with van der Waals surface area (Å²) in [7, 11) is 0. The molecule has 18 heavy (non-hydrogen) atoms. The minimum absolute atomic E-state index is 0.0215. The number of benzene rings is 1. The lowest BCUT2D eigenvalue weighted by molar-refractivity contribution is -0.116. The number of nitrogens with zero attached hydrogens (tertiary/aromatic N) is 1. The predicted octanol–water partition coefficient (Wildman–Crippen LogP) is 3.59. The van der Waals surface area contributed by atoms with Crippen LogP contribution in [0.15, 0.2) is 47.2 Å². The van der Waals surface area contributed by atoms with E-state index in [1.54, 1.807) is 0 Å². The molecular formula is C14H15BrN2O. The second-order valence-corrected chi connectivity index (χ2v) is 5.06. The van der Waals surface area contributed by atoms with Crippen LogP contribution in [0.25, 0.3) is 0 Å². The number of aryl methyl sites for hydroxylation is 2. The Morgan fingerprint density at radius 1 is 1.33 bits per heavy atom. The molecule has 1 heterocycles. The standard InChI is InChI=1S/C14H15BrN2O/c1-11-4-5-13(12(15)10-11)16-14(18)6-9-17-7-2-3-8-17/h2-5,7-8,10H,6,9H2,1H3,(H,16,18). The predicted molar refractivity (Wildman–Crippen MR) is 76.6 cm³/mol. The van der Waals surface area contributed by atoms with E-state index < -0.39 is 0 Å². The Labute approximate surface area is 115 Å². The minimum atomic E-state index is 0.0215. The van der Waals surface area contributed by atoms with Crippen molar-refractivity contribution in [2.24, 2.45) is 0 Å². The lowest BCUT2D eigenvalue weighted by Crippen LogP contribution is -2.14. The molecule has 0 aliphatic carbocycles. The van der Waals surface area contributed by atoms with Crippen LogP contribution in [0.4, 0.5) is 5.69 Å². The quantitative estimate of drug-likeness (QED) is 0.920. The molecule has 0 spiro atoms. The van der Waals surface area contributed by atoms with Crippen molar-refractivity contribution in [1.29, 1.82) is 0 Å². The first-order valence-corrected chi connectivity index (χ1v) is 6.61. The van der Waals surface area contributed by atoms with Gasteiger partial charge in [-0.3, -0.25) is 4.79 Å². The van der Waals surface area contributed by atoms with E-state index in [0.717, 1.165) is 15.7 Å². The highest BCUT2D eigenvalue weighted by atomic mass is 79.9. The number of carbonyl (C=O) groups excluding carboxylic acids is 1. The van der Waals surface area contributed by atoms with Gasteiger partial charge in [-0.2, -0.15) is 0 Å². The number of aromatic nitrogens is 1. The Morgan fingerprint density at radius 2 is 2.06 bits per heavy atom. The average Bonchev–Trinajstić information content (AvgIpc) is 2.83. The summed E-state index contributed by atoms with van der Waals surface area (Å²) in [6.45, 7) is 2.71. The molecule has 3 nitrogen and oxygen atoms in total. The van der Waals surface area contributed by atoms with Crippen LogP contribution < -0.4 is 5.32 Å². The number of hydrogen-bond acceptors (Lipinski definition) is 1. The van der Waals surface area contributed by atoms with Crippen molar-refractivity contribution in [3.8, 4) is 0 Å². The normalized spacial score (nSPS) is 10.3. The summed E-state index contributed by atoms with van der Waals surface area (Å²) >= 11 is 3.45. The van der Waals surface area contributed by atoms with Gasteiger partial charge >= 0.3 is 0 Å². The van der Waals surface area contributed by atoms with Gasteiger partial charge in [-0.25, -0.2) is 0 Å². The van der Waals surface area contributed by atoms with Gasteiger partial charge < -0.3 is 9.88 Å². The van der Waals surface area contributed by atoms with E-state index in [0.29, 0.717) is 13.0 Å². The van der Waals surface area contributed by atoms with E-state index in [4.69, 9.17) is 0 Å². The molecule has 0 saturated carbocycles. The summed E-state index contributed by atoms with van der Waals surface area (Å²) < 4.78 is 2.90. The second-order valence-electron chi connectivity index (χ2n) is 4.20. The third-order valence-electron chi connectivity index (χ3n) is 2.66. The summed E-state index contributed by atoms with van der Waals surface area (Å²) in [5.41, 5.74) is 1.98. The topological polar surface area (TPSA) is 34.0 Å². The molecule has 2 rings (SSSR count). The van der Waals surface area contributed by atoms with E-state index >= 15 is 0 Å². The van der Waals surface area contributed by atoms with Crippen LogP contribution in [0.2, 0.25) is 0 Å². The summed E-state index contributed by atoms with van der Waals surface area (Å²) in [5.74, 6) is 0.0215. The van der Waals surface area contributed by atoms with Crippen molar-refractivity contribution in [3.63, 3.8) is 0 Å². The molecule has 0 fully saturated rings.